The summed E-state index contributed by atoms with van der Waals surface area (Å²) in [4.78, 5) is 46.1. The number of carbonyl (C=O) groups excluding carboxylic acids is 3. The number of hydrogen-bond donors (Lipinski definition) is 6. The lowest BCUT2D eigenvalue weighted by Crippen LogP contribution is -2.54. The first kappa shape index (κ1) is 22.1. The summed E-state index contributed by atoms with van der Waals surface area (Å²) in [7, 11) is 0. The van der Waals surface area contributed by atoms with Crippen molar-refractivity contribution >= 4 is 35.5 Å². The standard InChI is InChI=1S/C13H24N4O6S/c1-7(14)11(20)15-5-10(19)16-8(3-4-24-2)12(21)17-9(6-18)13(22)23/h7-9,18H,3-6,14H2,1-2H3,(H,15,20)(H,16,19)(H,17,21)(H,22,23). The van der Waals surface area contributed by atoms with Crippen LogP contribution in [0, 0.1) is 0 Å². The fraction of sp³-hybridized carbons (Fsp3) is 0.692. The summed E-state index contributed by atoms with van der Waals surface area (Å²) in [6.45, 7) is 0.337. The molecule has 0 fully saturated rings. The third-order valence-electron chi connectivity index (χ3n) is 2.90. The summed E-state index contributed by atoms with van der Waals surface area (Å²) in [6.07, 6.45) is 2.07. The minimum Gasteiger partial charge on any atom is -0.480 e. The van der Waals surface area contributed by atoms with Crippen molar-refractivity contribution in [3.63, 3.8) is 0 Å². The van der Waals surface area contributed by atoms with Gasteiger partial charge in [-0.2, -0.15) is 11.8 Å². The Kier molecular flexibility index (Phi) is 10.8. The van der Waals surface area contributed by atoms with Crippen LogP contribution in [0.1, 0.15) is 13.3 Å². The molecule has 0 spiro atoms. The van der Waals surface area contributed by atoms with E-state index in [1.807, 2.05) is 6.26 Å². The van der Waals surface area contributed by atoms with E-state index in [0.717, 1.165) is 0 Å². The predicted octanol–water partition coefficient (Wildman–Crippen LogP) is -2.75. The Hall–Kier alpha value is -1.85. The third-order valence-corrected chi connectivity index (χ3v) is 3.54. The molecule has 0 aliphatic carbocycles. The van der Waals surface area contributed by atoms with Gasteiger partial charge in [0.05, 0.1) is 19.2 Å². The molecule has 3 atom stereocenters. The Morgan fingerprint density at radius 3 is 2.21 bits per heavy atom. The van der Waals surface area contributed by atoms with Gasteiger partial charge in [0.15, 0.2) is 0 Å². The second-order valence-electron chi connectivity index (χ2n) is 4.99. The van der Waals surface area contributed by atoms with Crippen molar-refractivity contribution < 1.29 is 29.4 Å². The summed E-state index contributed by atoms with van der Waals surface area (Å²) in [5, 5.41) is 24.6. The Labute approximate surface area is 143 Å². The molecule has 0 bridgehead atoms. The van der Waals surface area contributed by atoms with E-state index in [9.17, 15) is 19.2 Å². The number of aliphatic carboxylic acids is 1. The predicted molar refractivity (Wildman–Crippen MR) is 88.2 cm³/mol. The van der Waals surface area contributed by atoms with Crippen LogP contribution in [0.25, 0.3) is 0 Å². The van der Waals surface area contributed by atoms with Gasteiger partial charge in [-0.05, 0) is 25.4 Å². The van der Waals surface area contributed by atoms with Gasteiger partial charge in [0.2, 0.25) is 17.7 Å². The van der Waals surface area contributed by atoms with Gasteiger partial charge in [0.25, 0.3) is 0 Å². The number of carboxylic acid groups (broad SMARTS) is 1. The first-order chi connectivity index (χ1) is 11.2. The zero-order chi connectivity index (χ0) is 18.7. The smallest absolute Gasteiger partial charge is 0.328 e. The van der Waals surface area contributed by atoms with E-state index in [2.05, 4.69) is 16.0 Å². The molecule has 10 nitrogen and oxygen atoms in total. The Morgan fingerprint density at radius 2 is 1.75 bits per heavy atom. The van der Waals surface area contributed by atoms with Crippen molar-refractivity contribution in [1.82, 2.24) is 16.0 Å². The fourth-order valence-corrected chi connectivity index (χ4v) is 2.01. The molecule has 0 heterocycles. The van der Waals surface area contributed by atoms with E-state index in [1.54, 1.807) is 0 Å². The number of carbonyl (C=O) groups is 4. The summed E-state index contributed by atoms with van der Waals surface area (Å²) < 4.78 is 0. The SMILES string of the molecule is CSCCC(NC(=O)CNC(=O)C(C)N)C(=O)NC(CO)C(=O)O. The lowest BCUT2D eigenvalue weighted by atomic mass is 10.2. The normalized spacial score (nSPS) is 14.2. The van der Waals surface area contributed by atoms with E-state index < -0.39 is 48.4 Å². The number of amides is 3. The van der Waals surface area contributed by atoms with Crippen LogP contribution < -0.4 is 21.7 Å². The Morgan fingerprint density at radius 1 is 1.12 bits per heavy atom. The zero-order valence-electron chi connectivity index (χ0n) is 13.6. The van der Waals surface area contributed by atoms with Crippen LogP contribution in [-0.2, 0) is 19.2 Å². The van der Waals surface area contributed by atoms with Crippen molar-refractivity contribution in [1.29, 1.82) is 0 Å². The quantitative estimate of drug-likeness (QED) is 0.229. The van der Waals surface area contributed by atoms with Gasteiger partial charge in [-0.25, -0.2) is 4.79 Å². The fourth-order valence-electron chi connectivity index (χ4n) is 1.54. The minimum absolute atomic E-state index is 0.262. The maximum absolute atomic E-state index is 12.1. The molecule has 24 heavy (non-hydrogen) atoms. The molecular weight excluding hydrogens is 340 g/mol. The highest BCUT2D eigenvalue weighted by atomic mass is 32.2. The van der Waals surface area contributed by atoms with Gasteiger partial charge in [-0.15, -0.1) is 0 Å². The number of hydrogen-bond acceptors (Lipinski definition) is 7. The number of rotatable bonds is 11. The molecule has 0 radical (unpaired) electrons. The molecular formula is C13H24N4O6S. The number of thioether (sulfide) groups is 1. The van der Waals surface area contributed by atoms with Gasteiger partial charge in [0, 0.05) is 0 Å². The molecule has 0 saturated carbocycles. The number of nitrogens with one attached hydrogen (secondary N) is 3. The van der Waals surface area contributed by atoms with Crippen LogP contribution in [0.4, 0.5) is 0 Å². The molecule has 0 aromatic carbocycles. The van der Waals surface area contributed by atoms with Gasteiger partial charge in [0.1, 0.15) is 12.1 Å². The van der Waals surface area contributed by atoms with Crippen molar-refractivity contribution in [3.8, 4) is 0 Å². The molecule has 7 N–H and O–H groups in total. The number of aliphatic hydroxyl groups is 1. The largest absolute Gasteiger partial charge is 0.480 e. The van der Waals surface area contributed by atoms with Crippen LogP contribution in [-0.4, -0.2) is 77.2 Å². The van der Waals surface area contributed by atoms with E-state index in [4.69, 9.17) is 15.9 Å². The van der Waals surface area contributed by atoms with Crippen LogP contribution in [0.15, 0.2) is 0 Å². The highest BCUT2D eigenvalue weighted by Crippen LogP contribution is 2.02. The average molecular weight is 364 g/mol. The molecule has 3 amide bonds. The zero-order valence-corrected chi connectivity index (χ0v) is 14.4. The van der Waals surface area contributed by atoms with Crippen LogP contribution >= 0.6 is 11.8 Å². The third kappa shape index (κ3) is 8.70. The lowest BCUT2D eigenvalue weighted by molar-refractivity contribution is -0.143. The van der Waals surface area contributed by atoms with Crippen molar-refractivity contribution in [2.45, 2.75) is 31.5 Å². The molecule has 0 aromatic rings. The maximum atomic E-state index is 12.1. The van der Waals surface area contributed by atoms with Crippen LogP contribution in [0.5, 0.6) is 0 Å². The Balaban J connectivity index is 4.69. The van der Waals surface area contributed by atoms with E-state index in [-0.39, 0.29) is 13.0 Å². The van der Waals surface area contributed by atoms with E-state index >= 15 is 0 Å². The molecule has 138 valence electrons. The van der Waals surface area contributed by atoms with E-state index in [1.165, 1.54) is 18.7 Å². The Bertz CT molecular complexity index is 460. The molecule has 0 aliphatic heterocycles. The van der Waals surface area contributed by atoms with Crippen molar-refractivity contribution in [3.05, 3.63) is 0 Å². The molecule has 0 aliphatic rings. The van der Waals surface area contributed by atoms with Gasteiger partial charge in [-0.3, -0.25) is 14.4 Å². The first-order valence-corrected chi connectivity index (χ1v) is 8.57. The number of carboxylic acids is 1. The average Bonchev–Trinajstić information content (AvgIpc) is 2.53. The summed E-state index contributed by atoms with van der Waals surface area (Å²) >= 11 is 1.44. The maximum Gasteiger partial charge on any atom is 0.328 e. The topological polar surface area (TPSA) is 171 Å². The lowest BCUT2D eigenvalue weighted by Gasteiger charge is -2.20. The highest BCUT2D eigenvalue weighted by Gasteiger charge is 2.26. The van der Waals surface area contributed by atoms with Crippen molar-refractivity contribution in [2.24, 2.45) is 5.73 Å². The molecule has 3 unspecified atom stereocenters. The summed E-state index contributed by atoms with van der Waals surface area (Å²) in [5.74, 6) is -2.69. The van der Waals surface area contributed by atoms with Crippen LogP contribution in [0.3, 0.4) is 0 Å². The van der Waals surface area contributed by atoms with Gasteiger partial charge < -0.3 is 31.9 Å². The second-order valence-corrected chi connectivity index (χ2v) is 5.98. The molecule has 0 rings (SSSR count). The van der Waals surface area contributed by atoms with Gasteiger partial charge in [-0.1, -0.05) is 0 Å². The summed E-state index contributed by atoms with van der Waals surface area (Å²) in [6, 6.07) is -3.20. The second kappa shape index (κ2) is 11.6. The first-order valence-electron chi connectivity index (χ1n) is 7.18. The van der Waals surface area contributed by atoms with Crippen molar-refractivity contribution in [2.75, 3.05) is 25.2 Å². The minimum atomic E-state index is -1.45. The summed E-state index contributed by atoms with van der Waals surface area (Å²) in [5.41, 5.74) is 5.35. The van der Waals surface area contributed by atoms with Crippen LogP contribution in [0.2, 0.25) is 0 Å². The monoisotopic (exact) mass is 364 g/mol. The molecule has 11 heteroatoms. The highest BCUT2D eigenvalue weighted by molar-refractivity contribution is 7.98. The van der Waals surface area contributed by atoms with E-state index in [0.29, 0.717) is 5.75 Å². The molecule has 0 aromatic heterocycles. The van der Waals surface area contributed by atoms with Gasteiger partial charge >= 0.3 is 5.97 Å². The number of nitrogens with two attached hydrogens (primary N) is 1. The number of aliphatic hydroxyl groups excluding tert-OH is 1. The molecule has 0 saturated heterocycles.